The molecule has 18 heavy (non-hydrogen) atoms. The quantitative estimate of drug-likeness (QED) is 0.848. The van der Waals surface area contributed by atoms with Crippen molar-refractivity contribution in [3.05, 3.63) is 36.0 Å². The average molecular weight is 245 g/mol. The highest BCUT2D eigenvalue weighted by Crippen LogP contribution is 2.09. The molecule has 1 aliphatic rings. The lowest BCUT2D eigenvalue weighted by Crippen LogP contribution is -2.18. The maximum atomic E-state index is 5.60. The van der Waals surface area contributed by atoms with E-state index < -0.39 is 0 Å². The van der Waals surface area contributed by atoms with Gasteiger partial charge in [0, 0.05) is 38.3 Å². The van der Waals surface area contributed by atoms with Gasteiger partial charge in [-0.05, 0) is 6.07 Å². The minimum atomic E-state index is 0.407. The van der Waals surface area contributed by atoms with Crippen molar-refractivity contribution in [3.8, 4) is 5.88 Å². The molecule has 0 atom stereocenters. The molecule has 0 aliphatic carbocycles. The summed E-state index contributed by atoms with van der Waals surface area (Å²) in [5.41, 5.74) is 0. The number of nitrogens with zero attached hydrogens (tertiary/aromatic N) is 4. The number of pyridine rings is 1. The molecule has 0 unspecified atom stereocenters. The lowest BCUT2D eigenvalue weighted by Gasteiger charge is -2.07. The van der Waals surface area contributed by atoms with E-state index in [4.69, 9.17) is 4.74 Å². The zero-order valence-corrected chi connectivity index (χ0v) is 10.0. The van der Waals surface area contributed by atoms with E-state index in [0.29, 0.717) is 12.5 Å². The van der Waals surface area contributed by atoms with Crippen LogP contribution in [0.2, 0.25) is 0 Å². The van der Waals surface area contributed by atoms with Crippen LogP contribution in [0, 0.1) is 0 Å². The Labute approximate surface area is 105 Å². The maximum Gasteiger partial charge on any atom is 0.213 e. The van der Waals surface area contributed by atoms with E-state index in [2.05, 4.69) is 25.1 Å². The summed E-state index contributed by atoms with van der Waals surface area (Å²) in [4.78, 5) is 4.12. The van der Waals surface area contributed by atoms with Gasteiger partial charge in [0.25, 0.3) is 0 Å². The molecule has 2 aromatic rings. The second-order valence-electron chi connectivity index (χ2n) is 4.14. The summed E-state index contributed by atoms with van der Waals surface area (Å²) < 4.78 is 7.73. The largest absolute Gasteiger partial charge is 0.469 e. The van der Waals surface area contributed by atoms with E-state index in [1.165, 1.54) is 0 Å². The number of nitrogens with one attached hydrogen (secondary N) is 1. The van der Waals surface area contributed by atoms with Gasteiger partial charge in [-0.25, -0.2) is 4.98 Å². The maximum absolute atomic E-state index is 5.60. The molecule has 1 aliphatic heterocycles. The molecule has 3 heterocycles. The molecule has 2 aromatic heterocycles. The Morgan fingerprint density at radius 2 is 2.28 bits per heavy atom. The molecule has 1 N–H and O–H groups in total. The SMILES string of the molecule is c1ccc(OCc2nnc3n2CCNCC3)nc1. The fourth-order valence-corrected chi connectivity index (χ4v) is 2.01. The van der Waals surface area contributed by atoms with Gasteiger partial charge < -0.3 is 14.6 Å². The molecular formula is C12H15N5O. The minimum Gasteiger partial charge on any atom is -0.469 e. The van der Waals surface area contributed by atoms with Crippen molar-refractivity contribution >= 4 is 0 Å². The van der Waals surface area contributed by atoms with Crippen LogP contribution in [0.5, 0.6) is 5.88 Å². The number of hydrogen-bond donors (Lipinski definition) is 1. The summed E-state index contributed by atoms with van der Waals surface area (Å²) in [5.74, 6) is 2.50. The predicted octanol–water partition coefficient (Wildman–Crippen LogP) is 0.398. The highest BCUT2D eigenvalue weighted by molar-refractivity contribution is 5.09. The van der Waals surface area contributed by atoms with Crippen molar-refractivity contribution in [2.45, 2.75) is 19.6 Å². The van der Waals surface area contributed by atoms with Gasteiger partial charge in [-0.1, -0.05) is 6.07 Å². The third-order valence-corrected chi connectivity index (χ3v) is 2.93. The van der Waals surface area contributed by atoms with Crippen molar-refractivity contribution in [3.63, 3.8) is 0 Å². The van der Waals surface area contributed by atoms with Gasteiger partial charge >= 0.3 is 0 Å². The molecule has 0 saturated heterocycles. The first-order valence-electron chi connectivity index (χ1n) is 6.09. The van der Waals surface area contributed by atoms with Crippen LogP contribution < -0.4 is 10.1 Å². The van der Waals surface area contributed by atoms with Gasteiger partial charge in [-0.3, -0.25) is 0 Å². The van der Waals surface area contributed by atoms with Crippen LogP contribution in [0.15, 0.2) is 24.4 Å². The molecule has 0 radical (unpaired) electrons. The normalized spacial score (nSPS) is 14.9. The van der Waals surface area contributed by atoms with Gasteiger partial charge in [0.05, 0.1) is 0 Å². The first-order valence-corrected chi connectivity index (χ1v) is 6.09. The molecule has 3 rings (SSSR count). The highest BCUT2D eigenvalue weighted by Gasteiger charge is 2.14. The predicted molar refractivity (Wildman–Crippen MR) is 65.2 cm³/mol. The third-order valence-electron chi connectivity index (χ3n) is 2.93. The van der Waals surface area contributed by atoms with Crippen molar-refractivity contribution in [2.24, 2.45) is 0 Å². The van der Waals surface area contributed by atoms with E-state index >= 15 is 0 Å². The van der Waals surface area contributed by atoms with Crippen LogP contribution in [0.1, 0.15) is 11.6 Å². The number of ether oxygens (including phenoxy) is 1. The topological polar surface area (TPSA) is 64.9 Å². The van der Waals surface area contributed by atoms with E-state index in [9.17, 15) is 0 Å². The van der Waals surface area contributed by atoms with E-state index in [1.807, 2.05) is 18.2 Å². The highest BCUT2D eigenvalue weighted by atomic mass is 16.5. The second-order valence-corrected chi connectivity index (χ2v) is 4.14. The van der Waals surface area contributed by atoms with Crippen LogP contribution in [0.25, 0.3) is 0 Å². The Hall–Kier alpha value is -1.95. The molecule has 0 aromatic carbocycles. The number of fused-ring (bicyclic) bond motifs is 1. The second kappa shape index (κ2) is 5.14. The van der Waals surface area contributed by atoms with Crippen molar-refractivity contribution < 1.29 is 4.74 Å². The Balaban J connectivity index is 1.72. The molecule has 6 nitrogen and oxygen atoms in total. The standard InChI is InChI=1S/C12H15N5O/c1-2-5-14-12(3-1)18-9-11-16-15-10-4-6-13-7-8-17(10)11/h1-3,5,13H,4,6-9H2. The van der Waals surface area contributed by atoms with Crippen molar-refractivity contribution in [1.29, 1.82) is 0 Å². The monoisotopic (exact) mass is 245 g/mol. The first kappa shape index (κ1) is 11.2. The fourth-order valence-electron chi connectivity index (χ4n) is 2.01. The molecule has 0 saturated carbocycles. The smallest absolute Gasteiger partial charge is 0.213 e. The summed E-state index contributed by atoms with van der Waals surface area (Å²) in [5, 5.41) is 11.7. The molecule has 94 valence electrons. The minimum absolute atomic E-state index is 0.407. The van der Waals surface area contributed by atoms with Gasteiger partial charge in [0.2, 0.25) is 5.88 Å². The molecule has 0 fully saturated rings. The lowest BCUT2D eigenvalue weighted by atomic mass is 10.4. The Kier molecular flexibility index (Phi) is 3.18. The number of aromatic nitrogens is 4. The van der Waals surface area contributed by atoms with Gasteiger partial charge in [0.1, 0.15) is 12.4 Å². The molecule has 0 bridgehead atoms. The van der Waals surface area contributed by atoms with Gasteiger partial charge in [-0.15, -0.1) is 10.2 Å². The van der Waals surface area contributed by atoms with Crippen LogP contribution in [0.4, 0.5) is 0 Å². The lowest BCUT2D eigenvalue weighted by molar-refractivity contribution is 0.277. The van der Waals surface area contributed by atoms with Crippen molar-refractivity contribution in [1.82, 2.24) is 25.1 Å². The molecule has 6 heteroatoms. The van der Waals surface area contributed by atoms with E-state index in [1.54, 1.807) is 6.20 Å². The number of rotatable bonds is 3. The molecular weight excluding hydrogens is 230 g/mol. The van der Waals surface area contributed by atoms with E-state index in [0.717, 1.165) is 37.7 Å². The third kappa shape index (κ3) is 2.33. The Bertz CT molecular complexity index is 510. The van der Waals surface area contributed by atoms with Crippen LogP contribution >= 0.6 is 0 Å². The van der Waals surface area contributed by atoms with Crippen LogP contribution in [-0.2, 0) is 19.6 Å². The Morgan fingerprint density at radius 1 is 1.28 bits per heavy atom. The fraction of sp³-hybridized carbons (Fsp3) is 0.417. The number of hydrogen-bond acceptors (Lipinski definition) is 5. The molecule has 0 spiro atoms. The zero-order valence-electron chi connectivity index (χ0n) is 10.0. The Morgan fingerprint density at radius 3 is 3.17 bits per heavy atom. The molecule has 0 amide bonds. The first-order chi connectivity index (χ1) is 8.93. The van der Waals surface area contributed by atoms with Crippen LogP contribution in [-0.4, -0.2) is 32.8 Å². The average Bonchev–Trinajstić information content (AvgIpc) is 2.65. The summed E-state index contributed by atoms with van der Waals surface area (Å²) in [6.45, 7) is 3.20. The van der Waals surface area contributed by atoms with Gasteiger partial charge in [-0.2, -0.15) is 0 Å². The summed E-state index contributed by atoms with van der Waals surface area (Å²) >= 11 is 0. The summed E-state index contributed by atoms with van der Waals surface area (Å²) in [6.07, 6.45) is 2.63. The van der Waals surface area contributed by atoms with Gasteiger partial charge in [0.15, 0.2) is 5.82 Å². The zero-order chi connectivity index (χ0) is 12.2. The van der Waals surface area contributed by atoms with Crippen molar-refractivity contribution in [2.75, 3.05) is 13.1 Å². The summed E-state index contributed by atoms with van der Waals surface area (Å²) in [6, 6.07) is 5.60. The van der Waals surface area contributed by atoms with Crippen LogP contribution in [0.3, 0.4) is 0 Å². The summed E-state index contributed by atoms with van der Waals surface area (Å²) in [7, 11) is 0. The van der Waals surface area contributed by atoms with E-state index in [-0.39, 0.29) is 0 Å².